The maximum atomic E-state index is 13.3. The first-order valence-electron chi connectivity index (χ1n) is 11.4. The molecule has 2 heterocycles. The van der Waals surface area contributed by atoms with Crippen LogP contribution in [0.3, 0.4) is 0 Å². The van der Waals surface area contributed by atoms with E-state index in [1.54, 1.807) is 25.7 Å². The molecule has 31 heavy (non-hydrogen) atoms. The van der Waals surface area contributed by atoms with Crippen LogP contribution < -0.4 is 5.32 Å². The number of fused-ring (bicyclic) bond motifs is 2. The fourth-order valence-corrected chi connectivity index (χ4v) is 4.22. The number of esters is 1. The second-order valence-electron chi connectivity index (χ2n) is 9.75. The largest absolute Gasteiger partial charge is 0.444 e. The summed E-state index contributed by atoms with van der Waals surface area (Å²) in [5, 5.41) is 11.0. The summed E-state index contributed by atoms with van der Waals surface area (Å²) in [6, 6.07) is -1.30. The van der Waals surface area contributed by atoms with Crippen molar-refractivity contribution in [2.24, 2.45) is 11.8 Å². The summed E-state index contributed by atoms with van der Waals surface area (Å²) in [5.74, 6) is -0.776. The number of nitrogens with zero attached hydrogens (tertiary/aromatic N) is 1. The van der Waals surface area contributed by atoms with Gasteiger partial charge in [0.2, 0.25) is 11.8 Å². The molecule has 1 saturated heterocycles. The van der Waals surface area contributed by atoms with Crippen LogP contribution in [-0.4, -0.2) is 53.0 Å². The van der Waals surface area contributed by atoms with Crippen molar-refractivity contribution in [1.82, 2.24) is 10.2 Å². The van der Waals surface area contributed by atoms with E-state index in [0.29, 0.717) is 19.4 Å². The third-order valence-electron chi connectivity index (χ3n) is 5.93. The van der Waals surface area contributed by atoms with Gasteiger partial charge in [-0.15, -0.1) is 0 Å². The van der Waals surface area contributed by atoms with Gasteiger partial charge in [-0.25, -0.2) is 4.79 Å². The van der Waals surface area contributed by atoms with Gasteiger partial charge in [0.25, 0.3) is 0 Å². The summed E-state index contributed by atoms with van der Waals surface area (Å²) in [5.41, 5.74) is -0.662. The molecule has 8 heteroatoms. The van der Waals surface area contributed by atoms with Gasteiger partial charge in [-0.3, -0.25) is 15.0 Å². The molecule has 0 bridgehead atoms. The molecule has 0 aromatic heterocycles. The predicted octanol–water partition coefficient (Wildman–Crippen LogP) is 3.55. The Morgan fingerprint density at radius 1 is 1.19 bits per heavy atom. The third-order valence-corrected chi connectivity index (χ3v) is 5.93. The predicted molar refractivity (Wildman–Crippen MR) is 116 cm³/mol. The number of allylic oxidation sites excluding steroid dienone is 2. The van der Waals surface area contributed by atoms with Gasteiger partial charge in [-0.2, -0.15) is 0 Å². The molecule has 3 aliphatic rings. The van der Waals surface area contributed by atoms with Crippen molar-refractivity contribution >= 4 is 23.9 Å². The number of alkyl carbamates (subject to hydrolysis) is 1. The van der Waals surface area contributed by atoms with Gasteiger partial charge in [0.1, 0.15) is 17.7 Å². The van der Waals surface area contributed by atoms with E-state index in [1.165, 1.54) is 0 Å². The number of nitrogens with one attached hydrogen (secondary N) is 2. The van der Waals surface area contributed by atoms with Crippen molar-refractivity contribution in [3.05, 3.63) is 12.2 Å². The average molecular weight is 434 g/mol. The van der Waals surface area contributed by atoms with Crippen molar-refractivity contribution in [2.75, 3.05) is 6.54 Å². The molecular weight excluding hydrogens is 398 g/mol. The van der Waals surface area contributed by atoms with Crippen LogP contribution in [0.15, 0.2) is 12.2 Å². The Kier molecular flexibility index (Phi) is 7.38. The first-order chi connectivity index (χ1) is 14.7. The van der Waals surface area contributed by atoms with Crippen molar-refractivity contribution in [1.29, 1.82) is 5.41 Å². The molecule has 2 aliphatic heterocycles. The zero-order chi connectivity index (χ0) is 22.6. The first-order valence-corrected chi connectivity index (χ1v) is 11.4. The number of hydrogen-bond acceptors (Lipinski definition) is 6. The van der Waals surface area contributed by atoms with Crippen LogP contribution in [0, 0.1) is 17.2 Å². The standard InChI is InChI=1S/C23H35N3O5/c1-23(2,3)31-22(29)25-17-11-8-6-4-5-7-10-15-14-16(15)21(28)30-19(24)18-12-9-13-26(18)20(17)27/h7,10,15-18,24H,4-6,8-9,11-14H2,1-3H3,(H,25,29)/b10-7-,24-19?/t15?,16?,17-,18?/m0/s1. The molecule has 1 aliphatic carbocycles. The number of carbonyl (C=O) groups excluding carboxylic acids is 3. The molecule has 0 aromatic rings. The van der Waals surface area contributed by atoms with Crippen molar-refractivity contribution in [2.45, 2.75) is 89.8 Å². The third kappa shape index (κ3) is 6.55. The lowest BCUT2D eigenvalue weighted by Gasteiger charge is -2.30. The molecule has 1 saturated carbocycles. The molecule has 4 atom stereocenters. The molecule has 172 valence electrons. The molecule has 8 nitrogen and oxygen atoms in total. The summed E-state index contributed by atoms with van der Waals surface area (Å²) in [4.78, 5) is 39.6. The highest BCUT2D eigenvalue weighted by molar-refractivity contribution is 5.96. The Bertz CT molecular complexity index is 742. The van der Waals surface area contributed by atoms with E-state index < -0.39 is 23.8 Å². The van der Waals surface area contributed by atoms with Gasteiger partial charge in [0, 0.05) is 6.54 Å². The summed E-state index contributed by atoms with van der Waals surface area (Å²) >= 11 is 0. The molecule has 3 rings (SSSR count). The van der Waals surface area contributed by atoms with Crippen LogP contribution in [0.2, 0.25) is 0 Å². The highest BCUT2D eigenvalue weighted by atomic mass is 16.6. The average Bonchev–Trinajstić information content (AvgIpc) is 3.27. The number of ether oxygens (including phenoxy) is 2. The molecule has 2 N–H and O–H groups in total. The Hall–Kier alpha value is -2.38. The monoisotopic (exact) mass is 433 g/mol. The van der Waals surface area contributed by atoms with Crippen LogP contribution in [-0.2, 0) is 19.1 Å². The maximum Gasteiger partial charge on any atom is 0.408 e. The smallest absolute Gasteiger partial charge is 0.408 e. The lowest BCUT2D eigenvalue weighted by atomic mass is 10.0. The van der Waals surface area contributed by atoms with E-state index in [9.17, 15) is 14.4 Å². The van der Waals surface area contributed by atoms with Gasteiger partial charge in [0.05, 0.1) is 5.92 Å². The van der Waals surface area contributed by atoms with Gasteiger partial charge in [-0.1, -0.05) is 25.0 Å². The fraction of sp³-hybridized carbons (Fsp3) is 0.739. The minimum atomic E-state index is -0.727. The molecule has 2 amide bonds. The van der Waals surface area contributed by atoms with Crippen molar-refractivity contribution in [3.63, 3.8) is 0 Å². The SMILES string of the molecule is CC(C)(C)OC(=O)N[C@H]1CCCCC/C=C\C2CC2C(=O)OC(=N)C2CCCN2C1=O. The topological polar surface area (TPSA) is 109 Å². The fourth-order valence-electron chi connectivity index (χ4n) is 4.22. The van der Waals surface area contributed by atoms with Gasteiger partial charge < -0.3 is 19.7 Å². The minimum Gasteiger partial charge on any atom is -0.444 e. The van der Waals surface area contributed by atoms with Crippen molar-refractivity contribution in [3.8, 4) is 0 Å². The number of rotatable bonds is 1. The van der Waals surface area contributed by atoms with E-state index in [2.05, 4.69) is 17.5 Å². The first kappa shape index (κ1) is 23.3. The molecular formula is C23H35N3O5. The minimum absolute atomic E-state index is 0.173. The lowest BCUT2D eigenvalue weighted by Crippen LogP contribution is -2.52. The lowest BCUT2D eigenvalue weighted by molar-refractivity contribution is -0.139. The molecule has 0 aromatic carbocycles. The normalized spacial score (nSPS) is 31.3. The molecule has 0 spiro atoms. The number of amides is 2. The van der Waals surface area contributed by atoms with Crippen LogP contribution in [0.5, 0.6) is 0 Å². The van der Waals surface area contributed by atoms with Crippen molar-refractivity contribution < 1.29 is 23.9 Å². The van der Waals surface area contributed by atoms with Crippen LogP contribution in [0.4, 0.5) is 4.79 Å². The Balaban J connectivity index is 1.73. The maximum absolute atomic E-state index is 13.3. The second kappa shape index (κ2) is 9.83. The Morgan fingerprint density at radius 3 is 2.71 bits per heavy atom. The highest BCUT2D eigenvalue weighted by Crippen LogP contribution is 2.41. The summed E-state index contributed by atoms with van der Waals surface area (Å²) < 4.78 is 10.7. The van der Waals surface area contributed by atoms with Gasteiger partial charge in [0.15, 0.2) is 0 Å². The van der Waals surface area contributed by atoms with E-state index in [-0.39, 0.29) is 29.6 Å². The highest BCUT2D eigenvalue weighted by Gasteiger charge is 2.44. The number of hydrogen-bond donors (Lipinski definition) is 2. The van der Waals surface area contributed by atoms with E-state index in [0.717, 1.165) is 38.5 Å². The molecule has 2 fully saturated rings. The number of cyclic esters (lactones) is 1. The van der Waals surface area contributed by atoms with Crippen LogP contribution in [0.1, 0.15) is 72.1 Å². The van der Waals surface area contributed by atoms with E-state index >= 15 is 0 Å². The summed E-state index contributed by atoms with van der Waals surface area (Å²) in [6.45, 7) is 5.80. The van der Waals surface area contributed by atoms with Gasteiger partial charge >= 0.3 is 12.1 Å². The summed E-state index contributed by atoms with van der Waals surface area (Å²) in [7, 11) is 0. The van der Waals surface area contributed by atoms with E-state index in [1.807, 2.05) is 0 Å². The number of carbonyl (C=O) groups is 3. The molecule has 0 radical (unpaired) electrons. The van der Waals surface area contributed by atoms with Crippen LogP contribution in [0.25, 0.3) is 0 Å². The molecule has 3 unspecified atom stereocenters. The van der Waals surface area contributed by atoms with Crippen LogP contribution >= 0.6 is 0 Å². The zero-order valence-electron chi connectivity index (χ0n) is 18.8. The quantitative estimate of drug-likeness (QED) is 0.486. The summed E-state index contributed by atoms with van der Waals surface area (Å²) in [6.07, 6.45) is 9.78. The zero-order valence-corrected chi connectivity index (χ0v) is 18.8. The van der Waals surface area contributed by atoms with E-state index in [4.69, 9.17) is 14.9 Å². The Morgan fingerprint density at radius 2 is 1.97 bits per heavy atom. The van der Waals surface area contributed by atoms with Gasteiger partial charge in [-0.05, 0) is 65.2 Å². The second-order valence-corrected chi connectivity index (χ2v) is 9.75. The Labute approximate surface area is 184 Å².